The van der Waals surface area contributed by atoms with E-state index >= 15 is 0 Å². The second kappa shape index (κ2) is 5.87. The van der Waals surface area contributed by atoms with Crippen molar-refractivity contribution in [3.05, 3.63) is 64.5 Å². The van der Waals surface area contributed by atoms with Gasteiger partial charge in [0.25, 0.3) is 0 Å². The van der Waals surface area contributed by atoms with Crippen molar-refractivity contribution in [3.63, 3.8) is 0 Å². The Morgan fingerprint density at radius 3 is 2.52 bits per heavy atom. The van der Waals surface area contributed by atoms with Crippen molar-refractivity contribution in [2.75, 3.05) is 5.32 Å². The van der Waals surface area contributed by atoms with E-state index in [1.165, 1.54) is 13.0 Å². The van der Waals surface area contributed by atoms with Crippen molar-refractivity contribution >= 4 is 11.6 Å². The zero-order chi connectivity index (χ0) is 15.6. The number of amides is 1. The van der Waals surface area contributed by atoms with Gasteiger partial charge in [-0.25, -0.2) is 13.2 Å². The Morgan fingerprint density at radius 2 is 1.86 bits per heavy atom. The maximum atomic E-state index is 13.7. The third-order valence-corrected chi connectivity index (χ3v) is 3.11. The fourth-order valence-corrected chi connectivity index (χ4v) is 1.87. The summed E-state index contributed by atoms with van der Waals surface area (Å²) >= 11 is 0. The molecule has 0 aliphatic carbocycles. The molecule has 0 unspecified atom stereocenters. The van der Waals surface area contributed by atoms with Crippen LogP contribution in [0.3, 0.4) is 0 Å². The van der Waals surface area contributed by atoms with E-state index < -0.39 is 23.4 Å². The minimum Gasteiger partial charge on any atom is -0.381 e. The molecule has 0 fully saturated rings. The average Bonchev–Trinajstić information content (AvgIpc) is 2.43. The van der Waals surface area contributed by atoms with Gasteiger partial charge in [-0.1, -0.05) is 0 Å². The van der Waals surface area contributed by atoms with Crippen molar-refractivity contribution in [2.24, 2.45) is 5.73 Å². The summed E-state index contributed by atoms with van der Waals surface area (Å²) in [6, 6.07) is 5.48. The van der Waals surface area contributed by atoms with E-state index in [1.54, 1.807) is 0 Å². The van der Waals surface area contributed by atoms with Crippen molar-refractivity contribution in [2.45, 2.75) is 13.5 Å². The second-order valence-electron chi connectivity index (χ2n) is 4.58. The lowest BCUT2D eigenvalue weighted by molar-refractivity contribution is 0.1000. The number of primary amides is 1. The number of halogens is 3. The molecular weight excluding hydrogens is 281 g/mol. The van der Waals surface area contributed by atoms with Gasteiger partial charge in [-0.2, -0.15) is 0 Å². The Balaban J connectivity index is 2.27. The third kappa shape index (κ3) is 3.34. The van der Waals surface area contributed by atoms with Gasteiger partial charge in [-0.15, -0.1) is 0 Å². The first-order valence-electron chi connectivity index (χ1n) is 6.16. The molecule has 0 saturated carbocycles. The molecule has 110 valence electrons. The highest BCUT2D eigenvalue weighted by Crippen LogP contribution is 2.22. The summed E-state index contributed by atoms with van der Waals surface area (Å²) in [5.74, 6) is -2.52. The molecule has 0 heterocycles. The number of rotatable bonds is 4. The van der Waals surface area contributed by atoms with E-state index in [2.05, 4.69) is 5.32 Å². The van der Waals surface area contributed by atoms with Crippen LogP contribution in [0.15, 0.2) is 30.3 Å². The van der Waals surface area contributed by atoms with Gasteiger partial charge < -0.3 is 11.1 Å². The van der Waals surface area contributed by atoms with Crippen LogP contribution in [0.2, 0.25) is 0 Å². The monoisotopic (exact) mass is 294 g/mol. The predicted octanol–water partition coefficient (Wildman–Crippen LogP) is 3.12. The van der Waals surface area contributed by atoms with Gasteiger partial charge in [0.1, 0.15) is 17.5 Å². The number of nitrogens with two attached hydrogens (primary N) is 1. The first-order valence-corrected chi connectivity index (χ1v) is 6.16. The zero-order valence-electron chi connectivity index (χ0n) is 11.2. The molecule has 0 bridgehead atoms. The van der Waals surface area contributed by atoms with Crippen molar-refractivity contribution < 1.29 is 18.0 Å². The van der Waals surface area contributed by atoms with Crippen LogP contribution in [-0.2, 0) is 6.54 Å². The first kappa shape index (κ1) is 14.9. The number of anilines is 1. The van der Waals surface area contributed by atoms with Gasteiger partial charge in [0.05, 0.1) is 0 Å². The minimum absolute atomic E-state index is 0.000291. The summed E-state index contributed by atoms with van der Waals surface area (Å²) in [4.78, 5) is 11.1. The van der Waals surface area contributed by atoms with Crippen molar-refractivity contribution in [1.82, 2.24) is 0 Å². The second-order valence-corrected chi connectivity index (χ2v) is 4.58. The van der Waals surface area contributed by atoms with E-state index in [0.717, 1.165) is 24.3 Å². The molecule has 21 heavy (non-hydrogen) atoms. The lowest BCUT2D eigenvalue weighted by Gasteiger charge is -2.12. The van der Waals surface area contributed by atoms with Crippen LogP contribution in [0.1, 0.15) is 21.5 Å². The zero-order valence-corrected chi connectivity index (χ0v) is 11.2. The lowest BCUT2D eigenvalue weighted by Crippen LogP contribution is -2.13. The molecule has 3 N–H and O–H groups in total. The van der Waals surface area contributed by atoms with Crippen LogP contribution in [0.5, 0.6) is 0 Å². The largest absolute Gasteiger partial charge is 0.381 e. The van der Waals surface area contributed by atoms with Crippen LogP contribution < -0.4 is 11.1 Å². The van der Waals surface area contributed by atoms with Crippen LogP contribution in [0.25, 0.3) is 0 Å². The van der Waals surface area contributed by atoms with Gasteiger partial charge in [0, 0.05) is 28.9 Å². The molecular formula is C15H13F3N2O. The maximum Gasteiger partial charge on any atom is 0.248 e. The Kier molecular flexibility index (Phi) is 4.16. The molecule has 3 nitrogen and oxygen atoms in total. The van der Waals surface area contributed by atoms with E-state index in [1.807, 2.05) is 0 Å². The minimum atomic E-state index is -0.770. The average molecular weight is 294 g/mol. The molecule has 2 aromatic rings. The van der Waals surface area contributed by atoms with Gasteiger partial charge in [0.15, 0.2) is 0 Å². The molecule has 6 heteroatoms. The van der Waals surface area contributed by atoms with Gasteiger partial charge in [0.2, 0.25) is 5.91 Å². The molecule has 0 atom stereocenters. The van der Waals surface area contributed by atoms with Gasteiger partial charge in [-0.3, -0.25) is 4.79 Å². The highest BCUT2D eigenvalue weighted by Gasteiger charge is 2.11. The number of carbonyl (C=O) groups excluding carboxylic acids is 1. The summed E-state index contributed by atoms with van der Waals surface area (Å²) in [5, 5.41) is 2.78. The molecule has 0 aliphatic heterocycles. The lowest BCUT2D eigenvalue weighted by atomic mass is 10.1. The predicted molar refractivity (Wildman–Crippen MR) is 73.3 cm³/mol. The molecule has 2 aromatic carbocycles. The molecule has 0 saturated heterocycles. The molecule has 0 aliphatic rings. The Bertz CT molecular complexity index is 702. The number of benzene rings is 2. The third-order valence-electron chi connectivity index (χ3n) is 3.11. The molecule has 0 radical (unpaired) electrons. The maximum absolute atomic E-state index is 13.7. The standard InChI is InChI=1S/C15H13F3N2O/c1-8-13(18)5-9(15(19)21)6-14(8)20-7-10-4-11(16)2-3-12(10)17/h2-6,20H,7H2,1H3,(H2,19,21). The van der Waals surface area contributed by atoms with E-state index in [0.29, 0.717) is 5.69 Å². The summed E-state index contributed by atoms with van der Waals surface area (Å²) in [7, 11) is 0. The van der Waals surface area contributed by atoms with Crippen LogP contribution >= 0.6 is 0 Å². The highest BCUT2D eigenvalue weighted by molar-refractivity contribution is 5.94. The summed E-state index contributed by atoms with van der Waals surface area (Å²) in [5.41, 5.74) is 5.77. The van der Waals surface area contributed by atoms with Crippen LogP contribution in [0, 0.1) is 24.4 Å². The van der Waals surface area contributed by atoms with E-state index in [-0.39, 0.29) is 23.2 Å². The van der Waals surface area contributed by atoms with Gasteiger partial charge >= 0.3 is 0 Å². The first-order chi connectivity index (χ1) is 9.88. The highest BCUT2D eigenvalue weighted by atomic mass is 19.1. The fourth-order valence-electron chi connectivity index (χ4n) is 1.87. The normalized spacial score (nSPS) is 10.5. The van der Waals surface area contributed by atoms with Crippen molar-refractivity contribution in [3.8, 4) is 0 Å². The van der Waals surface area contributed by atoms with E-state index in [9.17, 15) is 18.0 Å². The molecule has 0 spiro atoms. The number of hydrogen-bond acceptors (Lipinski definition) is 2. The molecule has 0 aromatic heterocycles. The summed E-state index contributed by atoms with van der Waals surface area (Å²) in [6.45, 7) is 1.45. The molecule has 2 rings (SSSR count). The topological polar surface area (TPSA) is 55.1 Å². The Morgan fingerprint density at radius 1 is 1.14 bits per heavy atom. The number of hydrogen-bond donors (Lipinski definition) is 2. The summed E-state index contributed by atoms with van der Waals surface area (Å²) in [6.07, 6.45) is 0. The SMILES string of the molecule is Cc1c(F)cc(C(N)=O)cc1NCc1cc(F)ccc1F. The quantitative estimate of drug-likeness (QED) is 0.910. The van der Waals surface area contributed by atoms with E-state index in [4.69, 9.17) is 5.73 Å². The van der Waals surface area contributed by atoms with Crippen LogP contribution in [0.4, 0.5) is 18.9 Å². The fraction of sp³-hybridized carbons (Fsp3) is 0.133. The molecule has 1 amide bonds. The Hall–Kier alpha value is -2.50. The van der Waals surface area contributed by atoms with Crippen molar-refractivity contribution in [1.29, 1.82) is 0 Å². The smallest absolute Gasteiger partial charge is 0.248 e. The van der Waals surface area contributed by atoms with Gasteiger partial charge in [-0.05, 0) is 37.3 Å². The Labute approximate surface area is 119 Å². The van der Waals surface area contributed by atoms with Crippen LogP contribution in [-0.4, -0.2) is 5.91 Å². The number of carbonyl (C=O) groups is 1. The number of nitrogens with one attached hydrogen (secondary N) is 1. The summed E-state index contributed by atoms with van der Waals surface area (Å²) < 4.78 is 40.3.